The molecule has 3 rings (SSSR count). The maximum atomic E-state index is 12.7. The van der Waals surface area contributed by atoms with Gasteiger partial charge in [-0.25, -0.2) is 13.1 Å². The Bertz CT molecular complexity index is 927. The van der Waals surface area contributed by atoms with E-state index in [1.165, 1.54) is 17.0 Å². The molecule has 2 aliphatic rings. The fourth-order valence-electron chi connectivity index (χ4n) is 3.25. The smallest absolute Gasteiger partial charge is 0.265 e. The third kappa shape index (κ3) is 4.27. The summed E-state index contributed by atoms with van der Waals surface area (Å²) in [6.07, 6.45) is 2.08. The van der Waals surface area contributed by atoms with Gasteiger partial charge in [-0.3, -0.25) is 14.4 Å². The fraction of sp³-hybridized carbons (Fsp3) is 0.500. The SMILES string of the molecule is Cc1cc2c(cc1S(=O)(=O)NC(=O)CN1CCCCCC1=O)O[C@@H](C)C(=O)N2. The molecule has 1 aromatic carbocycles. The number of ether oxygens (including phenoxy) is 1. The molecule has 0 bridgehead atoms. The Balaban J connectivity index is 1.77. The molecule has 9 nitrogen and oxygen atoms in total. The highest BCUT2D eigenvalue weighted by atomic mass is 32.2. The topological polar surface area (TPSA) is 122 Å². The van der Waals surface area contributed by atoms with Gasteiger partial charge in [0, 0.05) is 19.0 Å². The Labute approximate surface area is 163 Å². The lowest BCUT2D eigenvalue weighted by Gasteiger charge is -2.24. The normalized spacial score (nSPS) is 19.9. The quantitative estimate of drug-likeness (QED) is 0.763. The van der Waals surface area contributed by atoms with Crippen LogP contribution in [-0.4, -0.2) is 50.2 Å². The van der Waals surface area contributed by atoms with Crippen LogP contribution >= 0.6 is 0 Å². The number of hydrogen-bond donors (Lipinski definition) is 2. The summed E-state index contributed by atoms with van der Waals surface area (Å²) in [5, 5.41) is 2.64. The second kappa shape index (κ2) is 7.78. The summed E-state index contributed by atoms with van der Waals surface area (Å²) in [6.45, 7) is 3.25. The molecule has 10 heteroatoms. The molecule has 28 heavy (non-hydrogen) atoms. The summed E-state index contributed by atoms with van der Waals surface area (Å²) in [6, 6.07) is 2.77. The van der Waals surface area contributed by atoms with Crippen LogP contribution in [0.3, 0.4) is 0 Å². The van der Waals surface area contributed by atoms with Gasteiger partial charge in [0.05, 0.1) is 10.6 Å². The van der Waals surface area contributed by atoms with Gasteiger partial charge in [0.15, 0.2) is 6.10 Å². The molecule has 0 aromatic heterocycles. The highest BCUT2D eigenvalue weighted by Crippen LogP contribution is 2.34. The zero-order valence-electron chi connectivity index (χ0n) is 15.8. The molecule has 0 unspecified atom stereocenters. The maximum Gasteiger partial charge on any atom is 0.265 e. The van der Waals surface area contributed by atoms with E-state index in [-0.39, 0.29) is 29.0 Å². The Morgan fingerprint density at radius 1 is 1.29 bits per heavy atom. The van der Waals surface area contributed by atoms with Crippen molar-refractivity contribution in [2.45, 2.75) is 50.5 Å². The van der Waals surface area contributed by atoms with Crippen molar-refractivity contribution in [2.24, 2.45) is 0 Å². The largest absolute Gasteiger partial charge is 0.479 e. The van der Waals surface area contributed by atoms with E-state index in [2.05, 4.69) is 5.32 Å². The average Bonchev–Trinajstić information content (AvgIpc) is 2.80. The van der Waals surface area contributed by atoms with E-state index < -0.39 is 22.0 Å². The van der Waals surface area contributed by atoms with Crippen molar-refractivity contribution in [2.75, 3.05) is 18.4 Å². The third-order valence-corrected chi connectivity index (χ3v) is 6.27. The molecule has 152 valence electrons. The first-order chi connectivity index (χ1) is 13.2. The molecule has 2 heterocycles. The molecule has 2 aliphatic heterocycles. The van der Waals surface area contributed by atoms with Crippen LogP contribution in [0, 0.1) is 6.92 Å². The number of sulfonamides is 1. The van der Waals surface area contributed by atoms with Gasteiger partial charge in [0.2, 0.25) is 5.91 Å². The van der Waals surface area contributed by atoms with Crippen molar-refractivity contribution in [3.05, 3.63) is 17.7 Å². The van der Waals surface area contributed by atoms with Gasteiger partial charge in [-0.05, 0) is 38.3 Å². The zero-order chi connectivity index (χ0) is 20.5. The number of amides is 3. The lowest BCUT2D eigenvalue weighted by molar-refractivity contribution is -0.135. The first-order valence-corrected chi connectivity index (χ1v) is 10.6. The molecular weight excluding hydrogens is 386 g/mol. The van der Waals surface area contributed by atoms with Crippen molar-refractivity contribution >= 4 is 33.4 Å². The lowest BCUT2D eigenvalue weighted by Crippen LogP contribution is -2.42. The number of carbonyl (C=O) groups is 3. The van der Waals surface area contributed by atoms with Crippen molar-refractivity contribution in [1.82, 2.24) is 9.62 Å². The van der Waals surface area contributed by atoms with Crippen LogP contribution in [0.15, 0.2) is 17.0 Å². The Morgan fingerprint density at radius 3 is 2.79 bits per heavy atom. The Hall–Kier alpha value is -2.62. The maximum absolute atomic E-state index is 12.7. The number of rotatable bonds is 4. The number of aryl methyl sites for hydroxylation is 1. The van der Waals surface area contributed by atoms with E-state index in [1.54, 1.807) is 13.8 Å². The van der Waals surface area contributed by atoms with Crippen molar-refractivity contribution in [3.63, 3.8) is 0 Å². The summed E-state index contributed by atoms with van der Waals surface area (Å²) in [7, 11) is -4.16. The summed E-state index contributed by atoms with van der Waals surface area (Å²) in [5.74, 6) is -1.02. The number of likely N-dealkylation sites (tertiary alicyclic amines) is 1. The number of benzene rings is 1. The average molecular weight is 409 g/mol. The second-order valence-corrected chi connectivity index (χ2v) is 8.67. The Morgan fingerprint density at radius 2 is 2.04 bits per heavy atom. The Kier molecular flexibility index (Phi) is 5.59. The molecule has 2 N–H and O–H groups in total. The van der Waals surface area contributed by atoms with Gasteiger partial charge < -0.3 is 15.0 Å². The molecular formula is C18H23N3O6S. The first kappa shape index (κ1) is 20.1. The van der Waals surface area contributed by atoms with Crippen LogP contribution in [-0.2, 0) is 24.4 Å². The van der Waals surface area contributed by atoms with Gasteiger partial charge in [-0.1, -0.05) is 6.42 Å². The third-order valence-electron chi connectivity index (χ3n) is 4.75. The zero-order valence-corrected chi connectivity index (χ0v) is 16.6. The molecule has 0 aliphatic carbocycles. The summed E-state index contributed by atoms with van der Waals surface area (Å²) in [4.78, 5) is 37.2. The summed E-state index contributed by atoms with van der Waals surface area (Å²) >= 11 is 0. The summed E-state index contributed by atoms with van der Waals surface area (Å²) in [5.41, 5.74) is 0.726. The van der Waals surface area contributed by atoms with Gasteiger partial charge in [0.25, 0.3) is 21.8 Å². The predicted octanol–water partition coefficient (Wildman–Crippen LogP) is 0.922. The van der Waals surface area contributed by atoms with Crippen LogP contribution in [0.25, 0.3) is 0 Å². The minimum atomic E-state index is -4.16. The van der Waals surface area contributed by atoms with Crippen molar-refractivity contribution in [1.29, 1.82) is 0 Å². The van der Waals surface area contributed by atoms with Crippen LogP contribution < -0.4 is 14.8 Å². The highest BCUT2D eigenvalue weighted by Gasteiger charge is 2.29. The van der Waals surface area contributed by atoms with Crippen LogP contribution in [0.1, 0.15) is 38.2 Å². The highest BCUT2D eigenvalue weighted by molar-refractivity contribution is 7.90. The monoisotopic (exact) mass is 409 g/mol. The van der Waals surface area contributed by atoms with Gasteiger partial charge in [0.1, 0.15) is 12.3 Å². The number of carbonyl (C=O) groups excluding carboxylic acids is 3. The molecule has 0 radical (unpaired) electrons. The number of anilines is 1. The minimum Gasteiger partial charge on any atom is -0.479 e. The molecule has 3 amide bonds. The lowest BCUT2D eigenvalue weighted by atomic mass is 10.1. The molecule has 0 saturated carbocycles. The molecule has 1 atom stereocenters. The van der Waals surface area contributed by atoms with E-state index >= 15 is 0 Å². The number of hydrogen-bond acceptors (Lipinski definition) is 6. The standard InChI is InChI=1S/C18H23N3O6S/c1-11-8-13-14(27-12(2)18(24)19-13)9-15(11)28(25,26)20-16(22)10-21-7-5-3-4-6-17(21)23/h8-9,12H,3-7,10H2,1-2H3,(H,19,24)(H,20,22)/t12-/m0/s1. The van der Waals surface area contributed by atoms with E-state index in [1.807, 2.05) is 4.72 Å². The second-order valence-electron chi connectivity index (χ2n) is 7.02. The van der Waals surface area contributed by atoms with E-state index in [9.17, 15) is 22.8 Å². The van der Waals surface area contributed by atoms with Crippen molar-refractivity contribution < 1.29 is 27.5 Å². The van der Waals surface area contributed by atoms with Crippen LogP contribution in [0.2, 0.25) is 0 Å². The van der Waals surface area contributed by atoms with Crippen LogP contribution in [0.5, 0.6) is 5.75 Å². The molecule has 1 fully saturated rings. The number of fused-ring (bicyclic) bond motifs is 1. The predicted molar refractivity (Wildman–Crippen MR) is 100 cm³/mol. The van der Waals surface area contributed by atoms with Gasteiger partial charge in [-0.2, -0.15) is 0 Å². The molecule has 0 spiro atoms. The summed E-state index contributed by atoms with van der Waals surface area (Å²) < 4.78 is 32.9. The molecule has 1 aromatic rings. The van der Waals surface area contributed by atoms with E-state index in [0.29, 0.717) is 24.2 Å². The molecule has 1 saturated heterocycles. The first-order valence-electron chi connectivity index (χ1n) is 9.13. The van der Waals surface area contributed by atoms with E-state index in [4.69, 9.17) is 4.74 Å². The van der Waals surface area contributed by atoms with E-state index in [0.717, 1.165) is 19.3 Å². The van der Waals surface area contributed by atoms with Gasteiger partial charge >= 0.3 is 0 Å². The number of nitrogens with one attached hydrogen (secondary N) is 2. The van der Waals surface area contributed by atoms with Crippen molar-refractivity contribution in [3.8, 4) is 5.75 Å². The van der Waals surface area contributed by atoms with Crippen LogP contribution in [0.4, 0.5) is 5.69 Å². The number of nitrogens with zero attached hydrogens (tertiary/aromatic N) is 1. The minimum absolute atomic E-state index is 0.120. The van der Waals surface area contributed by atoms with Gasteiger partial charge in [-0.15, -0.1) is 0 Å². The fourth-order valence-corrected chi connectivity index (χ4v) is 4.47.